The Morgan fingerprint density at radius 3 is 2.20 bits per heavy atom. The Kier molecular flexibility index (Phi) is 3.71. The summed E-state index contributed by atoms with van der Waals surface area (Å²) in [6, 6.07) is 7.36. The molecule has 20 heavy (non-hydrogen) atoms. The van der Waals surface area contributed by atoms with E-state index in [1.165, 1.54) is 21.4 Å². The number of anilines is 2. The zero-order valence-corrected chi connectivity index (χ0v) is 12.8. The molecule has 2 rings (SSSR count). The second kappa shape index (κ2) is 5.16. The molecular weight excluding hydrogens is 276 g/mol. The van der Waals surface area contributed by atoms with E-state index in [1.807, 2.05) is 37.2 Å². The van der Waals surface area contributed by atoms with Crippen LogP contribution in [0.25, 0.3) is 0 Å². The third-order valence-corrected chi connectivity index (χ3v) is 4.77. The highest BCUT2D eigenvalue weighted by Gasteiger charge is 2.24. The molecule has 0 N–H and O–H groups in total. The Balaban J connectivity index is 2.49. The summed E-state index contributed by atoms with van der Waals surface area (Å²) in [5, 5.41) is 3.92. The minimum atomic E-state index is -3.60. The fraction of sp³-hybridized carbons (Fsp3) is 0.308. The second-order valence-electron chi connectivity index (χ2n) is 4.71. The SMILES string of the molecule is CN(C)c1ccccc1N(C)S(=O)(=O)c1cnn(C)c1. The average molecular weight is 294 g/mol. The molecule has 0 unspecified atom stereocenters. The topological polar surface area (TPSA) is 58.4 Å². The molecule has 0 aliphatic heterocycles. The summed E-state index contributed by atoms with van der Waals surface area (Å²) in [6.45, 7) is 0. The maximum atomic E-state index is 12.6. The standard InChI is InChI=1S/C13H18N4O2S/c1-15(2)12-7-5-6-8-13(12)17(4)20(18,19)11-9-14-16(3)10-11/h5-10H,1-4H3. The molecule has 0 aliphatic rings. The first kappa shape index (κ1) is 14.4. The van der Waals surface area contributed by atoms with E-state index in [0.29, 0.717) is 5.69 Å². The molecule has 1 heterocycles. The van der Waals surface area contributed by atoms with Gasteiger partial charge >= 0.3 is 0 Å². The molecule has 2 aromatic rings. The van der Waals surface area contributed by atoms with Crippen molar-refractivity contribution in [1.29, 1.82) is 0 Å². The van der Waals surface area contributed by atoms with Crippen LogP contribution < -0.4 is 9.21 Å². The van der Waals surface area contributed by atoms with Crippen molar-refractivity contribution < 1.29 is 8.42 Å². The van der Waals surface area contributed by atoms with E-state index < -0.39 is 10.0 Å². The van der Waals surface area contributed by atoms with Crippen molar-refractivity contribution in [1.82, 2.24) is 9.78 Å². The van der Waals surface area contributed by atoms with Crippen LogP contribution in [0.2, 0.25) is 0 Å². The van der Waals surface area contributed by atoms with Crippen LogP contribution in [-0.2, 0) is 17.1 Å². The van der Waals surface area contributed by atoms with Crippen molar-refractivity contribution in [3.05, 3.63) is 36.7 Å². The number of hydrogen-bond donors (Lipinski definition) is 0. The minimum absolute atomic E-state index is 0.177. The maximum absolute atomic E-state index is 12.6. The van der Waals surface area contributed by atoms with E-state index in [0.717, 1.165) is 5.69 Å². The van der Waals surface area contributed by atoms with Crippen molar-refractivity contribution in [3.8, 4) is 0 Å². The molecule has 1 aromatic heterocycles. The molecule has 0 saturated heterocycles. The predicted octanol–water partition coefficient (Wildman–Crippen LogP) is 1.31. The summed E-state index contributed by atoms with van der Waals surface area (Å²) in [5.74, 6) is 0. The fourth-order valence-electron chi connectivity index (χ4n) is 1.93. The Hall–Kier alpha value is -2.02. The number of sulfonamides is 1. The van der Waals surface area contributed by atoms with Gasteiger partial charge in [-0.1, -0.05) is 12.1 Å². The molecule has 0 amide bonds. The molecule has 0 atom stereocenters. The summed E-state index contributed by atoms with van der Waals surface area (Å²) >= 11 is 0. The molecule has 0 bridgehead atoms. The van der Waals surface area contributed by atoms with E-state index in [-0.39, 0.29) is 4.90 Å². The van der Waals surface area contributed by atoms with Gasteiger partial charge in [-0.05, 0) is 12.1 Å². The van der Waals surface area contributed by atoms with Gasteiger partial charge in [0.05, 0.1) is 17.6 Å². The van der Waals surface area contributed by atoms with Crippen LogP contribution in [0, 0.1) is 0 Å². The highest BCUT2D eigenvalue weighted by molar-refractivity contribution is 7.92. The van der Waals surface area contributed by atoms with Crippen LogP contribution in [0.5, 0.6) is 0 Å². The summed E-state index contributed by atoms with van der Waals surface area (Å²) < 4.78 is 27.9. The third-order valence-electron chi connectivity index (χ3n) is 3.04. The van der Waals surface area contributed by atoms with Gasteiger partial charge in [0.15, 0.2) is 0 Å². The van der Waals surface area contributed by atoms with Crippen molar-refractivity contribution in [3.63, 3.8) is 0 Å². The van der Waals surface area contributed by atoms with Gasteiger partial charge in [-0.15, -0.1) is 0 Å². The molecule has 1 aromatic carbocycles. The second-order valence-corrected chi connectivity index (χ2v) is 6.67. The lowest BCUT2D eigenvalue weighted by molar-refractivity contribution is 0.594. The van der Waals surface area contributed by atoms with E-state index in [4.69, 9.17) is 0 Å². The predicted molar refractivity (Wildman–Crippen MR) is 79.6 cm³/mol. The monoisotopic (exact) mass is 294 g/mol. The quantitative estimate of drug-likeness (QED) is 0.853. The van der Waals surface area contributed by atoms with Crippen LogP contribution in [0.3, 0.4) is 0 Å². The largest absolute Gasteiger partial charge is 0.376 e. The lowest BCUT2D eigenvalue weighted by Gasteiger charge is -2.24. The van der Waals surface area contributed by atoms with Crippen LogP contribution in [-0.4, -0.2) is 39.3 Å². The van der Waals surface area contributed by atoms with Gasteiger partial charge in [0.2, 0.25) is 0 Å². The lowest BCUT2D eigenvalue weighted by Crippen LogP contribution is -2.28. The van der Waals surface area contributed by atoms with Gasteiger partial charge in [0, 0.05) is 34.4 Å². The molecule has 0 aliphatic carbocycles. The van der Waals surface area contributed by atoms with Crippen LogP contribution >= 0.6 is 0 Å². The van der Waals surface area contributed by atoms with Crippen molar-refractivity contribution in [2.75, 3.05) is 30.3 Å². The molecule has 7 heteroatoms. The number of rotatable bonds is 4. The van der Waals surface area contributed by atoms with Crippen LogP contribution in [0.4, 0.5) is 11.4 Å². The molecule has 0 radical (unpaired) electrons. The third kappa shape index (κ3) is 2.49. The molecule has 0 spiro atoms. The zero-order chi connectivity index (χ0) is 14.9. The number of para-hydroxylation sites is 2. The first-order valence-electron chi connectivity index (χ1n) is 6.08. The smallest absolute Gasteiger partial charge is 0.267 e. The molecule has 6 nitrogen and oxygen atoms in total. The lowest BCUT2D eigenvalue weighted by atomic mass is 10.2. The molecule has 0 fully saturated rings. The van der Waals surface area contributed by atoms with E-state index in [1.54, 1.807) is 20.2 Å². The minimum Gasteiger partial charge on any atom is -0.376 e. The molecule has 0 saturated carbocycles. The van der Waals surface area contributed by atoms with E-state index >= 15 is 0 Å². The number of benzene rings is 1. The first-order valence-corrected chi connectivity index (χ1v) is 7.52. The highest BCUT2D eigenvalue weighted by Crippen LogP contribution is 2.30. The Morgan fingerprint density at radius 1 is 1.10 bits per heavy atom. The summed E-state index contributed by atoms with van der Waals surface area (Å²) in [4.78, 5) is 2.06. The zero-order valence-electron chi connectivity index (χ0n) is 12.0. The van der Waals surface area contributed by atoms with Crippen molar-refractivity contribution in [2.45, 2.75) is 4.90 Å². The Bertz CT molecular complexity index is 707. The average Bonchev–Trinajstić information content (AvgIpc) is 2.85. The van der Waals surface area contributed by atoms with Crippen molar-refractivity contribution >= 4 is 21.4 Å². The van der Waals surface area contributed by atoms with Gasteiger partial charge in [-0.2, -0.15) is 5.10 Å². The van der Waals surface area contributed by atoms with E-state index in [9.17, 15) is 8.42 Å². The van der Waals surface area contributed by atoms with Gasteiger partial charge in [-0.3, -0.25) is 8.99 Å². The summed E-state index contributed by atoms with van der Waals surface area (Å²) in [6.07, 6.45) is 2.84. The summed E-state index contributed by atoms with van der Waals surface area (Å²) in [7, 11) is 3.39. The maximum Gasteiger partial charge on any atom is 0.267 e. The number of aryl methyl sites for hydroxylation is 1. The van der Waals surface area contributed by atoms with E-state index in [2.05, 4.69) is 5.10 Å². The molecular formula is C13H18N4O2S. The Labute approximate surface area is 119 Å². The number of aromatic nitrogens is 2. The summed E-state index contributed by atoms with van der Waals surface area (Å²) in [5.41, 5.74) is 1.46. The number of nitrogens with zero attached hydrogens (tertiary/aromatic N) is 4. The van der Waals surface area contributed by atoms with Crippen molar-refractivity contribution in [2.24, 2.45) is 7.05 Å². The van der Waals surface area contributed by atoms with Gasteiger partial charge in [0.1, 0.15) is 4.90 Å². The van der Waals surface area contributed by atoms with Gasteiger partial charge in [-0.25, -0.2) is 8.42 Å². The van der Waals surface area contributed by atoms with Gasteiger partial charge < -0.3 is 4.90 Å². The normalized spacial score (nSPS) is 11.4. The molecule has 108 valence electrons. The van der Waals surface area contributed by atoms with Crippen LogP contribution in [0.1, 0.15) is 0 Å². The first-order chi connectivity index (χ1) is 9.34. The highest BCUT2D eigenvalue weighted by atomic mass is 32.2. The van der Waals surface area contributed by atoms with Gasteiger partial charge in [0.25, 0.3) is 10.0 Å². The van der Waals surface area contributed by atoms with Crippen LogP contribution in [0.15, 0.2) is 41.6 Å². The number of hydrogen-bond acceptors (Lipinski definition) is 4. The fourth-order valence-corrected chi connectivity index (χ4v) is 3.12. The Morgan fingerprint density at radius 2 is 1.70 bits per heavy atom.